The molecule has 2 rings (SSSR count). The molecule has 0 bridgehead atoms. The maximum atomic E-state index is 2.42. The van der Waals surface area contributed by atoms with Crippen molar-refractivity contribution >= 4 is 0 Å². The van der Waals surface area contributed by atoms with Crippen LogP contribution in [0, 0.1) is 5.41 Å². The minimum atomic E-state index is 0.158. The standard InChI is InChI=1S/C15H20/c1-10-7-6-8-14(10)15(5)9-11(2)12(3)13(15)4/h7-9H,6H2,1-5H3. The van der Waals surface area contributed by atoms with Crippen molar-refractivity contribution in [3.05, 3.63) is 46.1 Å². The predicted octanol–water partition coefficient (Wildman–Crippen LogP) is 4.57. The van der Waals surface area contributed by atoms with E-state index < -0.39 is 0 Å². The number of hydrogen-bond donors (Lipinski definition) is 0. The second kappa shape index (κ2) is 3.23. The topological polar surface area (TPSA) is 0 Å². The van der Waals surface area contributed by atoms with Crippen molar-refractivity contribution in [1.29, 1.82) is 0 Å². The van der Waals surface area contributed by atoms with E-state index >= 15 is 0 Å². The van der Waals surface area contributed by atoms with Crippen LogP contribution in [0.2, 0.25) is 0 Å². The summed E-state index contributed by atoms with van der Waals surface area (Å²) in [6.45, 7) is 11.3. The zero-order valence-electron chi connectivity index (χ0n) is 10.4. The Morgan fingerprint density at radius 2 is 1.67 bits per heavy atom. The van der Waals surface area contributed by atoms with Crippen molar-refractivity contribution in [2.75, 3.05) is 0 Å². The van der Waals surface area contributed by atoms with Gasteiger partial charge in [0.2, 0.25) is 0 Å². The van der Waals surface area contributed by atoms with E-state index in [0.29, 0.717) is 0 Å². The van der Waals surface area contributed by atoms with Gasteiger partial charge in [0.15, 0.2) is 0 Å². The summed E-state index contributed by atoms with van der Waals surface area (Å²) in [5.41, 5.74) is 7.55. The minimum absolute atomic E-state index is 0.158. The zero-order chi connectivity index (χ0) is 11.2. The summed E-state index contributed by atoms with van der Waals surface area (Å²) >= 11 is 0. The van der Waals surface area contributed by atoms with Crippen molar-refractivity contribution in [3.8, 4) is 0 Å². The van der Waals surface area contributed by atoms with Crippen LogP contribution in [0.3, 0.4) is 0 Å². The van der Waals surface area contributed by atoms with Gasteiger partial charge in [-0.15, -0.1) is 0 Å². The van der Waals surface area contributed by atoms with Crippen molar-refractivity contribution in [3.63, 3.8) is 0 Å². The summed E-state index contributed by atoms with van der Waals surface area (Å²) in [6.07, 6.45) is 8.23. The van der Waals surface area contributed by atoms with E-state index in [1.165, 1.54) is 27.9 Å². The van der Waals surface area contributed by atoms with Gasteiger partial charge in [-0.1, -0.05) is 34.9 Å². The van der Waals surface area contributed by atoms with Crippen molar-refractivity contribution < 1.29 is 0 Å². The van der Waals surface area contributed by atoms with Gasteiger partial charge in [0, 0.05) is 5.41 Å². The molecule has 2 aliphatic rings. The average molecular weight is 200 g/mol. The molecule has 0 fully saturated rings. The second-order valence-electron chi connectivity index (χ2n) is 5.02. The highest BCUT2D eigenvalue weighted by Gasteiger charge is 2.35. The van der Waals surface area contributed by atoms with Gasteiger partial charge in [0.25, 0.3) is 0 Å². The van der Waals surface area contributed by atoms with Gasteiger partial charge in [0.05, 0.1) is 0 Å². The van der Waals surface area contributed by atoms with E-state index in [-0.39, 0.29) is 5.41 Å². The monoisotopic (exact) mass is 200 g/mol. The average Bonchev–Trinajstić information content (AvgIpc) is 2.68. The van der Waals surface area contributed by atoms with Crippen molar-refractivity contribution in [2.45, 2.75) is 41.0 Å². The maximum Gasteiger partial charge on any atom is 0.0321 e. The Morgan fingerprint density at radius 1 is 1.00 bits per heavy atom. The highest BCUT2D eigenvalue weighted by Crippen LogP contribution is 2.49. The SMILES string of the molecule is CC1=CCC=C1C1(C)C=C(C)C(C)=C1C. The molecule has 0 N–H and O–H groups in total. The number of hydrogen-bond acceptors (Lipinski definition) is 0. The fraction of sp³-hybridized carbons (Fsp3) is 0.467. The van der Waals surface area contributed by atoms with Gasteiger partial charge in [-0.2, -0.15) is 0 Å². The molecule has 2 aliphatic carbocycles. The van der Waals surface area contributed by atoms with E-state index in [0.717, 1.165) is 6.42 Å². The van der Waals surface area contributed by atoms with Crippen LogP contribution in [0.4, 0.5) is 0 Å². The summed E-state index contributed by atoms with van der Waals surface area (Å²) in [7, 11) is 0. The summed E-state index contributed by atoms with van der Waals surface area (Å²) in [6, 6.07) is 0. The Labute approximate surface area is 93.1 Å². The molecule has 0 heteroatoms. The predicted molar refractivity (Wildman–Crippen MR) is 66.7 cm³/mol. The molecule has 15 heavy (non-hydrogen) atoms. The van der Waals surface area contributed by atoms with Gasteiger partial charge in [0.1, 0.15) is 0 Å². The van der Waals surface area contributed by atoms with Crippen LogP contribution >= 0.6 is 0 Å². The molecule has 0 saturated carbocycles. The lowest BCUT2D eigenvalue weighted by Gasteiger charge is -2.28. The molecule has 0 aromatic rings. The van der Waals surface area contributed by atoms with E-state index in [9.17, 15) is 0 Å². The molecular formula is C15H20. The van der Waals surface area contributed by atoms with Crippen LogP contribution in [-0.2, 0) is 0 Å². The maximum absolute atomic E-state index is 2.42. The molecule has 0 aliphatic heterocycles. The lowest BCUT2D eigenvalue weighted by molar-refractivity contribution is 0.631. The fourth-order valence-corrected chi connectivity index (χ4v) is 2.86. The Balaban J connectivity index is 2.51. The lowest BCUT2D eigenvalue weighted by atomic mass is 9.76. The van der Waals surface area contributed by atoms with Crippen LogP contribution in [0.1, 0.15) is 41.0 Å². The van der Waals surface area contributed by atoms with Crippen LogP contribution in [0.5, 0.6) is 0 Å². The zero-order valence-corrected chi connectivity index (χ0v) is 10.4. The molecule has 1 atom stereocenters. The highest BCUT2D eigenvalue weighted by atomic mass is 14.4. The summed E-state index contributed by atoms with van der Waals surface area (Å²) in [5, 5.41) is 0. The molecule has 80 valence electrons. The van der Waals surface area contributed by atoms with Crippen LogP contribution < -0.4 is 0 Å². The van der Waals surface area contributed by atoms with Gasteiger partial charge in [-0.05, 0) is 52.2 Å². The highest BCUT2D eigenvalue weighted by molar-refractivity contribution is 5.56. The molecule has 0 saturated heterocycles. The summed E-state index contributed by atoms with van der Waals surface area (Å²) in [5.74, 6) is 0. The number of allylic oxidation sites excluding steroid dienone is 8. The summed E-state index contributed by atoms with van der Waals surface area (Å²) in [4.78, 5) is 0. The Hall–Kier alpha value is -1.04. The molecule has 0 aromatic heterocycles. The third-order valence-corrected chi connectivity index (χ3v) is 4.17. The molecule has 0 spiro atoms. The van der Waals surface area contributed by atoms with Gasteiger partial charge >= 0.3 is 0 Å². The molecule has 0 nitrogen and oxygen atoms in total. The molecule has 0 heterocycles. The normalized spacial score (nSPS) is 30.6. The first-order chi connectivity index (χ1) is 6.97. The van der Waals surface area contributed by atoms with Gasteiger partial charge < -0.3 is 0 Å². The smallest absolute Gasteiger partial charge is 0.0321 e. The first-order valence-corrected chi connectivity index (χ1v) is 5.72. The van der Waals surface area contributed by atoms with Crippen LogP contribution in [0.25, 0.3) is 0 Å². The van der Waals surface area contributed by atoms with E-state index in [4.69, 9.17) is 0 Å². The minimum Gasteiger partial charge on any atom is -0.0775 e. The van der Waals surface area contributed by atoms with E-state index in [2.05, 4.69) is 52.8 Å². The Kier molecular flexibility index (Phi) is 2.26. The van der Waals surface area contributed by atoms with Crippen LogP contribution in [-0.4, -0.2) is 0 Å². The number of rotatable bonds is 1. The van der Waals surface area contributed by atoms with Crippen molar-refractivity contribution in [2.24, 2.45) is 5.41 Å². The molecule has 0 radical (unpaired) electrons. The fourth-order valence-electron chi connectivity index (χ4n) is 2.86. The van der Waals surface area contributed by atoms with E-state index in [1.54, 1.807) is 0 Å². The van der Waals surface area contributed by atoms with Crippen molar-refractivity contribution in [1.82, 2.24) is 0 Å². The molecule has 0 aromatic carbocycles. The second-order valence-corrected chi connectivity index (χ2v) is 5.02. The van der Waals surface area contributed by atoms with E-state index in [1.807, 2.05) is 0 Å². The lowest BCUT2D eigenvalue weighted by Crippen LogP contribution is -2.16. The quantitative estimate of drug-likeness (QED) is 0.582. The third-order valence-electron chi connectivity index (χ3n) is 4.17. The first-order valence-electron chi connectivity index (χ1n) is 5.72. The molecule has 1 unspecified atom stereocenters. The Morgan fingerprint density at radius 3 is 2.07 bits per heavy atom. The van der Waals surface area contributed by atoms with Gasteiger partial charge in [-0.25, -0.2) is 0 Å². The largest absolute Gasteiger partial charge is 0.0775 e. The first kappa shape index (κ1) is 10.5. The molecular weight excluding hydrogens is 180 g/mol. The Bertz CT molecular complexity index is 427. The summed E-state index contributed by atoms with van der Waals surface area (Å²) < 4.78 is 0. The third kappa shape index (κ3) is 1.35. The molecule has 0 amide bonds. The van der Waals surface area contributed by atoms with Crippen LogP contribution in [0.15, 0.2) is 46.1 Å². The van der Waals surface area contributed by atoms with Gasteiger partial charge in [-0.3, -0.25) is 0 Å².